The van der Waals surface area contributed by atoms with E-state index in [2.05, 4.69) is 11.8 Å². The summed E-state index contributed by atoms with van der Waals surface area (Å²) in [6.07, 6.45) is 1.14. The van der Waals surface area contributed by atoms with Gasteiger partial charge in [0.25, 0.3) is 0 Å². The van der Waals surface area contributed by atoms with Crippen LogP contribution in [0.3, 0.4) is 0 Å². The van der Waals surface area contributed by atoms with Gasteiger partial charge in [-0.05, 0) is 51.4 Å². The van der Waals surface area contributed by atoms with E-state index in [0.717, 1.165) is 24.2 Å². The Labute approximate surface area is 133 Å². The third kappa shape index (κ3) is 4.00. The molecule has 0 spiro atoms. The predicted molar refractivity (Wildman–Crippen MR) is 89.5 cm³/mol. The minimum Gasteiger partial charge on any atom is -0.393 e. The average molecular weight is 326 g/mol. The first-order valence-electron chi connectivity index (χ1n) is 7.80. The molecule has 1 saturated heterocycles. The van der Waals surface area contributed by atoms with E-state index < -0.39 is 10.0 Å². The molecule has 0 saturated carbocycles. The highest BCUT2D eigenvalue weighted by atomic mass is 32.2. The number of sulfonamides is 1. The Kier molecular flexibility index (Phi) is 5.47. The summed E-state index contributed by atoms with van der Waals surface area (Å²) in [5.74, 6) is 0.243. The van der Waals surface area contributed by atoms with E-state index in [9.17, 15) is 13.5 Å². The molecule has 1 aromatic carbocycles. The zero-order valence-corrected chi connectivity index (χ0v) is 14.4. The first-order valence-corrected chi connectivity index (χ1v) is 9.41. The van der Waals surface area contributed by atoms with Crippen LogP contribution in [-0.2, 0) is 10.0 Å². The van der Waals surface area contributed by atoms with Crippen molar-refractivity contribution in [2.75, 3.05) is 30.2 Å². The molecule has 0 bridgehead atoms. The second-order valence-corrected chi connectivity index (χ2v) is 8.14. The van der Waals surface area contributed by atoms with Crippen LogP contribution in [0.15, 0.2) is 24.3 Å². The molecule has 0 unspecified atom stereocenters. The first-order chi connectivity index (χ1) is 10.3. The van der Waals surface area contributed by atoms with Crippen molar-refractivity contribution in [2.24, 2.45) is 0 Å². The number of aliphatic hydroxyl groups excluding tert-OH is 1. The van der Waals surface area contributed by atoms with Crippen LogP contribution in [0.1, 0.15) is 38.3 Å². The number of aliphatic hydroxyl groups is 1. The van der Waals surface area contributed by atoms with E-state index in [-0.39, 0.29) is 17.9 Å². The van der Waals surface area contributed by atoms with Gasteiger partial charge in [0.2, 0.25) is 10.0 Å². The Morgan fingerprint density at radius 2 is 1.91 bits per heavy atom. The summed E-state index contributed by atoms with van der Waals surface area (Å²) >= 11 is 0. The summed E-state index contributed by atoms with van der Waals surface area (Å²) < 4.78 is 25.4. The fourth-order valence-electron chi connectivity index (χ4n) is 2.69. The molecule has 1 heterocycles. The third-order valence-electron chi connectivity index (χ3n) is 4.32. The fourth-order valence-corrected chi connectivity index (χ4v) is 4.25. The summed E-state index contributed by atoms with van der Waals surface area (Å²) in [6.45, 7) is 5.31. The van der Waals surface area contributed by atoms with Gasteiger partial charge in [-0.25, -0.2) is 8.42 Å². The van der Waals surface area contributed by atoms with Crippen molar-refractivity contribution in [1.29, 1.82) is 0 Å². The van der Waals surface area contributed by atoms with E-state index >= 15 is 0 Å². The van der Waals surface area contributed by atoms with Crippen molar-refractivity contribution in [3.05, 3.63) is 29.8 Å². The molecule has 0 aromatic heterocycles. The quantitative estimate of drug-likeness (QED) is 0.868. The first kappa shape index (κ1) is 17.2. The smallest absolute Gasteiger partial charge is 0.235 e. The van der Waals surface area contributed by atoms with Crippen molar-refractivity contribution in [2.45, 2.75) is 38.8 Å². The minimum absolute atomic E-state index is 0.225. The van der Waals surface area contributed by atoms with Crippen molar-refractivity contribution >= 4 is 15.7 Å². The lowest BCUT2D eigenvalue weighted by Crippen LogP contribution is -2.26. The van der Waals surface area contributed by atoms with Crippen LogP contribution in [0.2, 0.25) is 0 Å². The van der Waals surface area contributed by atoms with Gasteiger partial charge in [0.05, 0.1) is 17.5 Å². The van der Waals surface area contributed by atoms with Gasteiger partial charge >= 0.3 is 0 Å². The summed E-state index contributed by atoms with van der Waals surface area (Å²) in [5, 5.41) is 9.37. The molecule has 5 nitrogen and oxygen atoms in total. The molecule has 1 aromatic rings. The molecule has 124 valence electrons. The molecule has 2 rings (SSSR count). The molecule has 0 amide bonds. The number of rotatable bonds is 6. The van der Waals surface area contributed by atoms with Gasteiger partial charge in [-0.3, -0.25) is 9.21 Å². The number of benzene rings is 1. The Morgan fingerprint density at radius 1 is 1.27 bits per heavy atom. The van der Waals surface area contributed by atoms with E-state index in [1.165, 1.54) is 4.31 Å². The highest BCUT2D eigenvalue weighted by Crippen LogP contribution is 2.27. The summed E-state index contributed by atoms with van der Waals surface area (Å²) in [4.78, 5) is 2.19. The summed E-state index contributed by atoms with van der Waals surface area (Å²) in [5.41, 5.74) is 1.90. The average Bonchev–Trinajstić information content (AvgIpc) is 2.83. The van der Waals surface area contributed by atoms with E-state index in [1.807, 2.05) is 31.3 Å². The number of hydrogen-bond donors (Lipinski definition) is 1. The maximum atomic E-state index is 11.9. The third-order valence-corrected chi connectivity index (χ3v) is 6.19. The van der Waals surface area contributed by atoms with Crippen molar-refractivity contribution in [3.8, 4) is 0 Å². The van der Waals surface area contributed by atoms with Crippen molar-refractivity contribution in [1.82, 2.24) is 4.90 Å². The van der Waals surface area contributed by atoms with Gasteiger partial charge in [-0.2, -0.15) is 0 Å². The van der Waals surface area contributed by atoms with Gasteiger partial charge < -0.3 is 5.11 Å². The fraction of sp³-hybridized carbons (Fsp3) is 0.625. The number of nitrogens with zero attached hydrogens (tertiary/aromatic N) is 2. The Hall–Kier alpha value is -1.11. The van der Waals surface area contributed by atoms with Crippen LogP contribution in [0.25, 0.3) is 0 Å². The van der Waals surface area contributed by atoms with Crippen LogP contribution in [0, 0.1) is 0 Å². The SMILES string of the molecule is C[C@H](O)CCN(C)[C@@H](C)c1ccc(N2CCCS2(=O)=O)cc1. The van der Waals surface area contributed by atoms with Gasteiger partial charge in [0, 0.05) is 19.1 Å². The molecule has 1 N–H and O–H groups in total. The zero-order valence-electron chi connectivity index (χ0n) is 13.6. The van der Waals surface area contributed by atoms with Gasteiger partial charge in [0.15, 0.2) is 0 Å². The second kappa shape index (κ2) is 6.98. The monoisotopic (exact) mass is 326 g/mol. The van der Waals surface area contributed by atoms with E-state index in [0.29, 0.717) is 13.0 Å². The molecule has 0 radical (unpaired) electrons. The number of hydrogen-bond acceptors (Lipinski definition) is 4. The van der Waals surface area contributed by atoms with Crippen LogP contribution < -0.4 is 4.31 Å². The van der Waals surface area contributed by atoms with Gasteiger partial charge in [0.1, 0.15) is 0 Å². The molecular formula is C16H26N2O3S. The molecule has 1 fully saturated rings. The summed E-state index contributed by atoms with van der Waals surface area (Å²) in [7, 11) is -1.08. The lowest BCUT2D eigenvalue weighted by molar-refractivity contribution is 0.153. The molecule has 22 heavy (non-hydrogen) atoms. The molecule has 2 atom stereocenters. The van der Waals surface area contributed by atoms with E-state index in [4.69, 9.17) is 0 Å². The van der Waals surface area contributed by atoms with Crippen molar-refractivity contribution in [3.63, 3.8) is 0 Å². The Balaban J connectivity index is 2.05. The molecule has 0 aliphatic carbocycles. The Bertz CT molecular complexity index is 584. The normalized spacial score (nSPS) is 20.3. The largest absolute Gasteiger partial charge is 0.393 e. The zero-order chi connectivity index (χ0) is 16.3. The second-order valence-electron chi connectivity index (χ2n) is 6.13. The van der Waals surface area contributed by atoms with Crippen molar-refractivity contribution < 1.29 is 13.5 Å². The van der Waals surface area contributed by atoms with Crippen LogP contribution in [0.4, 0.5) is 5.69 Å². The maximum Gasteiger partial charge on any atom is 0.235 e. The predicted octanol–water partition coefficient (Wildman–Crippen LogP) is 1.99. The molecule has 1 aliphatic rings. The molecule has 6 heteroatoms. The lowest BCUT2D eigenvalue weighted by atomic mass is 10.1. The van der Waals surface area contributed by atoms with Gasteiger partial charge in [-0.15, -0.1) is 0 Å². The topological polar surface area (TPSA) is 60.9 Å². The molecular weight excluding hydrogens is 300 g/mol. The number of anilines is 1. The van der Waals surface area contributed by atoms with Crippen LogP contribution in [-0.4, -0.2) is 50.4 Å². The summed E-state index contributed by atoms with van der Waals surface area (Å²) in [6, 6.07) is 7.98. The van der Waals surface area contributed by atoms with Gasteiger partial charge in [-0.1, -0.05) is 12.1 Å². The minimum atomic E-state index is -3.11. The van der Waals surface area contributed by atoms with E-state index in [1.54, 1.807) is 6.92 Å². The standard InChI is InChI=1S/C16H26N2O3S/c1-13(19)9-11-17(3)14(2)15-5-7-16(8-6-15)18-10-4-12-22(18,20)21/h5-8,13-14,19H,4,9-12H2,1-3H3/t13-,14-/m0/s1. The molecule has 1 aliphatic heterocycles. The lowest BCUT2D eigenvalue weighted by Gasteiger charge is -2.26. The highest BCUT2D eigenvalue weighted by molar-refractivity contribution is 7.93. The Morgan fingerprint density at radius 3 is 2.41 bits per heavy atom. The van der Waals surface area contributed by atoms with Crippen LogP contribution in [0.5, 0.6) is 0 Å². The highest BCUT2D eigenvalue weighted by Gasteiger charge is 2.28. The van der Waals surface area contributed by atoms with Crippen LogP contribution >= 0.6 is 0 Å². The maximum absolute atomic E-state index is 11.9.